The predicted octanol–water partition coefficient (Wildman–Crippen LogP) is 2.79. The van der Waals surface area contributed by atoms with Crippen molar-refractivity contribution in [1.82, 2.24) is 4.90 Å². The minimum absolute atomic E-state index is 0.227. The number of amides is 1. The van der Waals surface area contributed by atoms with Gasteiger partial charge in [0.15, 0.2) is 0 Å². The molecular formula is C18H23NO5. The van der Waals surface area contributed by atoms with E-state index in [-0.39, 0.29) is 11.7 Å². The number of hydrogen-bond donors (Lipinski definition) is 1. The normalized spacial score (nSPS) is 23.2. The highest BCUT2D eigenvalue weighted by molar-refractivity contribution is 5.88. The third kappa shape index (κ3) is 2.86. The van der Waals surface area contributed by atoms with Crippen molar-refractivity contribution in [2.24, 2.45) is 0 Å². The van der Waals surface area contributed by atoms with Crippen molar-refractivity contribution in [1.29, 1.82) is 0 Å². The Hall–Kier alpha value is -2.08. The second kappa shape index (κ2) is 5.77. The molecule has 1 atom stereocenters. The number of morpholine rings is 1. The molecule has 1 aromatic carbocycles. The van der Waals surface area contributed by atoms with Crippen LogP contribution in [0.25, 0.3) is 0 Å². The van der Waals surface area contributed by atoms with E-state index in [0.717, 1.165) is 17.5 Å². The Balaban J connectivity index is 2.01. The lowest BCUT2D eigenvalue weighted by Crippen LogP contribution is -2.56. The van der Waals surface area contributed by atoms with Crippen LogP contribution in [-0.4, -0.2) is 47.4 Å². The van der Waals surface area contributed by atoms with Crippen molar-refractivity contribution in [2.45, 2.75) is 44.8 Å². The van der Waals surface area contributed by atoms with Gasteiger partial charge in [-0.25, -0.2) is 9.59 Å². The van der Waals surface area contributed by atoms with Gasteiger partial charge in [-0.1, -0.05) is 6.07 Å². The monoisotopic (exact) mass is 333 g/mol. The third-order valence-electron chi connectivity index (χ3n) is 4.60. The molecule has 1 amide bonds. The Morgan fingerprint density at radius 2 is 2.08 bits per heavy atom. The van der Waals surface area contributed by atoms with Crippen LogP contribution < -0.4 is 0 Å². The zero-order chi connectivity index (χ0) is 17.5. The van der Waals surface area contributed by atoms with Crippen LogP contribution in [0.3, 0.4) is 0 Å². The number of carboxylic acids is 1. The first kappa shape index (κ1) is 16.8. The van der Waals surface area contributed by atoms with E-state index in [2.05, 4.69) is 0 Å². The first-order valence-corrected chi connectivity index (χ1v) is 8.18. The molecule has 0 bridgehead atoms. The zero-order valence-corrected chi connectivity index (χ0v) is 14.3. The lowest BCUT2D eigenvalue weighted by atomic mass is 9.88. The molecular weight excluding hydrogens is 310 g/mol. The number of carbonyl (C=O) groups excluding carboxylic acids is 1. The summed E-state index contributed by atoms with van der Waals surface area (Å²) >= 11 is 0. The van der Waals surface area contributed by atoms with Crippen LogP contribution in [0.2, 0.25) is 0 Å². The molecule has 1 spiro atoms. The van der Waals surface area contributed by atoms with E-state index in [1.165, 1.54) is 0 Å². The van der Waals surface area contributed by atoms with Crippen molar-refractivity contribution in [3.8, 4) is 0 Å². The third-order valence-corrected chi connectivity index (χ3v) is 4.60. The molecule has 1 N–H and O–H groups in total. The van der Waals surface area contributed by atoms with Gasteiger partial charge >= 0.3 is 12.1 Å². The smallest absolute Gasteiger partial charge is 0.411 e. The summed E-state index contributed by atoms with van der Waals surface area (Å²) in [5.74, 6) is -0.972. The molecule has 0 unspecified atom stereocenters. The second-order valence-corrected chi connectivity index (χ2v) is 7.39. The highest BCUT2D eigenvalue weighted by atomic mass is 16.6. The maximum atomic E-state index is 12.7. The van der Waals surface area contributed by atoms with Gasteiger partial charge in [0.1, 0.15) is 5.60 Å². The van der Waals surface area contributed by atoms with Gasteiger partial charge < -0.3 is 14.6 Å². The summed E-state index contributed by atoms with van der Waals surface area (Å²) in [5, 5.41) is 9.29. The number of aryl methyl sites for hydroxylation is 1. The molecule has 1 aliphatic heterocycles. The summed E-state index contributed by atoms with van der Waals surface area (Å²) in [6, 6.07) is 5.13. The number of nitrogens with zero attached hydrogens (tertiary/aromatic N) is 1. The van der Waals surface area contributed by atoms with Crippen molar-refractivity contribution in [3.05, 3.63) is 34.9 Å². The van der Waals surface area contributed by atoms with E-state index < -0.39 is 17.1 Å². The van der Waals surface area contributed by atoms with E-state index >= 15 is 0 Å². The lowest BCUT2D eigenvalue weighted by Gasteiger charge is -2.45. The summed E-state index contributed by atoms with van der Waals surface area (Å²) in [7, 11) is 0. The number of aromatic carboxylic acids is 1. The van der Waals surface area contributed by atoms with E-state index in [4.69, 9.17) is 9.47 Å². The minimum Gasteiger partial charge on any atom is -0.478 e. The van der Waals surface area contributed by atoms with Crippen LogP contribution in [0.15, 0.2) is 18.2 Å². The summed E-state index contributed by atoms with van der Waals surface area (Å²) in [4.78, 5) is 25.8. The Kier molecular flexibility index (Phi) is 4.03. The number of hydrogen-bond acceptors (Lipinski definition) is 4. The molecule has 6 nitrogen and oxygen atoms in total. The Bertz CT molecular complexity index is 674. The number of ether oxygens (including phenoxy) is 2. The van der Waals surface area contributed by atoms with Gasteiger partial charge in [0.25, 0.3) is 0 Å². The largest absolute Gasteiger partial charge is 0.478 e. The average molecular weight is 333 g/mol. The molecule has 1 fully saturated rings. The van der Waals surface area contributed by atoms with Crippen LogP contribution >= 0.6 is 0 Å². The standard InChI is InChI=1S/C18H23NO5/c1-17(2,3)24-16(22)19-8-9-23-11-18(19)7-6-12-4-5-13(15(20)21)10-14(12)18/h4-5,10H,6-9,11H2,1-3H3,(H,20,21)/t18-/m0/s1. The Morgan fingerprint density at radius 1 is 1.33 bits per heavy atom. The summed E-state index contributed by atoms with van der Waals surface area (Å²) in [6.07, 6.45) is 1.13. The Morgan fingerprint density at radius 3 is 2.75 bits per heavy atom. The fraction of sp³-hybridized carbons (Fsp3) is 0.556. The topological polar surface area (TPSA) is 76.1 Å². The molecule has 1 aliphatic carbocycles. The molecule has 1 aromatic rings. The zero-order valence-electron chi connectivity index (χ0n) is 14.3. The molecule has 1 heterocycles. The van der Waals surface area contributed by atoms with Crippen LogP contribution in [0.1, 0.15) is 48.7 Å². The van der Waals surface area contributed by atoms with Gasteiger partial charge in [-0.3, -0.25) is 4.90 Å². The van der Waals surface area contributed by atoms with E-state index in [1.54, 1.807) is 17.0 Å². The van der Waals surface area contributed by atoms with Crippen LogP contribution in [-0.2, 0) is 21.4 Å². The van der Waals surface area contributed by atoms with Gasteiger partial charge in [0, 0.05) is 6.54 Å². The highest BCUT2D eigenvalue weighted by Crippen LogP contribution is 2.44. The summed E-state index contributed by atoms with van der Waals surface area (Å²) < 4.78 is 11.2. The van der Waals surface area contributed by atoms with Gasteiger partial charge in [-0.2, -0.15) is 0 Å². The van der Waals surface area contributed by atoms with Gasteiger partial charge in [-0.05, 0) is 56.9 Å². The van der Waals surface area contributed by atoms with Crippen molar-refractivity contribution < 1.29 is 24.2 Å². The van der Waals surface area contributed by atoms with Crippen molar-refractivity contribution in [2.75, 3.05) is 19.8 Å². The number of carboxylic acid groups (broad SMARTS) is 1. The molecule has 3 rings (SSSR count). The van der Waals surface area contributed by atoms with Gasteiger partial charge in [0.2, 0.25) is 0 Å². The first-order valence-electron chi connectivity index (χ1n) is 8.18. The predicted molar refractivity (Wildman–Crippen MR) is 87.2 cm³/mol. The lowest BCUT2D eigenvalue weighted by molar-refractivity contribution is -0.0778. The molecule has 0 aromatic heterocycles. The molecule has 1 saturated heterocycles. The fourth-order valence-electron chi connectivity index (χ4n) is 3.54. The number of rotatable bonds is 1. The Labute approximate surface area is 141 Å². The number of fused-ring (bicyclic) bond motifs is 2. The molecule has 24 heavy (non-hydrogen) atoms. The average Bonchev–Trinajstić information content (AvgIpc) is 2.84. The molecule has 0 saturated carbocycles. The number of carbonyl (C=O) groups is 2. The maximum absolute atomic E-state index is 12.7. The number of benzene rings is 1. The minimum atomic E-state index is -0.972. The molecule has 130 valence electrons. The second-order valence-electron chi connectivity index (χ2n) is 7.39. The maximum Gasteiger partial charge on any atom is 0.411 e. The van der Waals surface area contributed by atoms with Crippen molar-refractivity contribution >= 4 is 12.1 Å². The van der Waals surface area contributed by atoms with E-state index in [0.29, 0.717) is 26.2 Å². The van der Waals surface area contributed by atoms with Crippen LogP contribution in [0, 0.1) is 0 Å². The van der Waals surface area contributed by atoms with E-state index in [9.17, 15) is 14.7 Å². The summed E-state index contributed by atoms with van der Waals surface area (Å²) in [6.45, 7) is 6.76. The molecule has 2 aliphatic rings. The first-order chi connectivity index (χ1) is 11.2. The van der Waals surface area contributed by atoms with Crippen LogP contribution in [0.4, 0.5) is 4.79 Å². The highest BCUT2D eigenvalue weighted by Gasteiger charge is 2.49. The quantitative estimate of drug-likeness (QED) is 0.855. The molecule has 0 radical (unpaired) electrons. The SMILES string of the molecule is CC(C)(C)OC(=O)N1CCOC[C@]12CCc1ccc(C(=O)O)cc12. The summed E-state index contributed by atoms with van der Waals surface area (Å²) in [5.41, 5.74) is 0.944. The van der Waals surface area contributed by atoms with Gasteiger partial charge in [-0.15, -0.1) is 0 Å². The van der Waals surface area contributed by atoms with Crippen LogP contribution in [0.5, 0.6) is 0 Å². The fourth-order valence-corrected chi connectivity index (χ4v) is 3.54. The van der Waals surface area contributed by atoms with Crippen molar-refractivity contribution in [3.63, 3.8) is 0 Å². The molecule has 6 heteroatoms. The van der Waals surface area contributed by atoms with Gasteiger partial charge in [0.05, 0.1) is 24.3 Å². The van der Waals surface area contributed by atoms with E-state index in [1.807, 2.05) is 26.8 Å².